The summed E-state index contributed by atoms with van der Waals surface area (Å²) in [4.78, 5) is 37.0. The van der Waals surface area contributed by atoms with E-state index in [0.717, 1.165) is 24.4 Å². The van der Waals surface area contributed by atoms with Crippen LogP contribution in [0, 0.1) is 0 Å². The zero-order valence-electron chi connectivity index (χ0n) is 14.2. The summed E-state index contributed by atoms with van der Waals surface area (Å²) in [5.41, 5.74) is 6.50. The van der Waals surface area contributed by atoms with Crippen LogP contribution < -0.4 is 16.5 Å². The van der Waals surface area contributed by atoms with Crippen LogP contribution in [0.4, 0.5) is 35.4 Å². The number of rotatable bonds is 4. The van der Waals surface area contributed by atoms with Gasteiger partial charge >= 0.3 is 18.2 Å². The number of anilines is 3. The fraction of sp³-hybridized carbons (Fsp3) is 0.200. The van der Waals surface area contributed by atoms with Gasteiger partial charge in [0.2, 0.25) is 5.95 Å². The number of nitrogens with two attached hydrogens (primary N) is 1. The molecule has 0 saturated heterocycles. The van der Waals surface area contributed by atoms with Crippen molar-refractivity contribution in [3.05, 3.63) is 41.6 Å². The maximum atomic E-state index is 12.7. The Labute approximate surface area is 151 Å². The standard InChI is InChI=1S/C15H15F3N6O3/c1-24(2)14(26)22-13-20-7-10(11(19)21-13)12(25)27-23-9-5-3-4-8(6-9)15(16,17)18/h3-7,23H,1-2H3,(H3,19,20,21,22,26). The molecule has 0 saturated carbocycles. The lowest BCUT2D eigenvalue weighted by Gasteiger charge is -2.12. The van der Waals surface area contributed by atoms with E-state index in [1.165, 1.54) is 25.1 Å². The van der Waals surface area contributed by atoms with E-state index in [1.807, 2.05) is 0 Å². The van der Waals surface area contributed by atoms with Crippen LogP contribution in [-0.2, 0) is 11.0 Å². The third-order valence-corrected chi connectivity index (χ3v) is 3.11. The lowest BCUT2D eigenvalue weighted by atomic mass is 10.2. The molecule has 4 N–H and O–H groups in total. The number of nitrogens with zero attached hydrogens (tertiary/aromatic N) is 3. The molecule has 1 aromatic carbocycles. The zero-order valence-corrected chi connectivity index (χ0v) is 14.2. The highest BCUT2D eigenvalue weighted by atomic mass is 19.4. The first-order valence-electron chi connectivity index (χ1n) is 7.33. The molecule has 144 valence electrons. The highest BCUT2D eigenvalue weighted by Gasteiger charge is 2.30. The molecule has 0 fully saturated rings. The second kappa shape index (κ2) is 7.76. The van der Waals surface area contributed by atoms with E-state index in [4.69, 9.17) is 10.6 Å². The van der Waals surface area contributed by atoms with Gasteiger partial charge in [0.15, 0.2) is 0 Å². The average Bonchev–Trinajstić information content (AvgIpc) is 2.59. The highest BCUT2D eigenvalue weighted by molar-refractivity contribution is 5.95. The van der Waals surface area contributed by atoms with Crippen molar-refractivity contribution in [2.45, 2.75) is 6.18 Å². The van der Waals surface area contributed by atoms with Crippen LogP contribution >= 0.6 is 0 Å². The Hall–Kier alpha value is -3.57. The van der Waals surface area contributed by atoms with Gasteiger partial charge in [0, 0.05) is 20.3 Å². The number of nitrogen functional groups attached to an aromatic ring is 1. The third kappa shape index (κ3) is 5.20. The number of hydrogen-bond donors (Lipinski definition) is 3. The molecule has 1 aromatic heterocycles. The first-order chi connectivity index (χ1) is 12.6. The van der Waals surface area contributed by atoms with Crippen LogP contribution in [0.3, 0.4) is 0 Å². The summed E-state index contributed by atoms with van der Waals surface area (Å²) in [7, 11) is 3.01. The van der Waals surface area contributed by atoms with Gasteiger partial charge in [-0.3, -0.25) is 5.32 Å². The lowest BCUT2D eigenvalue weighted by molar-refractivity contribution is -0.137. The van der Waals surface area contributed by atoms with Crippen molar-refractivity contribution in [3.8, 4) is 0 Å². The number of nitrogens with one attached hydrogen (secondary N) is 2. The van der Waals surface area contributed by atoms with Crippen LogP contribution in [0.15, 0.2) is 30.5 Å². The summed E-state index contributed by atoms with van der Waals surface area (Å²) < 4.78 is 38.0. The molecule has 0 aliphatic rings. The molecule has 2 aromatic rings. The number of carbonyl (C=O) groups is 2. The van der Waals surface area contributed by atoms with Crippen molar-refractivity contribution in [1.82, 2.24) is 14.9 Å². The SMILES string of the molecule is CN(C)C(=O)Nc1ncc(C(=O)ONc2cccc(C(F)(F)F)c2)c(N)n1. The largest absolute Gasteiger partial charge is 0.416 e. The summed E-state index contributed by atoms with van der Waals surface area (Å²) in [5, 5.41) is 2.34. The maximum Gasteiger partial charge on any atom is 0.416 e. The van der Waals surface area contributed by atoms with Gasteiger partial charge in [-0.05, 0) is 18.2 Å². The quantitative estimate of drug-likeness (QED) is 0.692. The Morgan fingerprint density at radius 1 is 1.26 bits per heavy atom. The minimum atomic E-state index is -4.53. The molecule has 0 atom stereocenters. The molecule has 0 unspecified atom stereocenters. The maximum absolute atomic E-state index is 12.7. The predicted octanol–water partition coefficient (Wildman–Crippen LogP) is 2.35. The number of hydrogen-bond acceptors (Lipinski definition) is 7. The van der Waals surface area contributed by atoms with Crippen LogP contribution in [0.25, 0.3) is 0 Å². The first-order valence-corrected chi connectivity index (χ1v) is 7.33. The minimum Gasteiger partial charge on any atom is -0.383 e. The molecule has 0 bridgehead atoms. The van der Waals surface area contributed by atoms with Crippen molar-refractivity contribution >= 4 is 29.5 Å². The molecule has 1 heterocycles. The van der Waals surface area contributed by atoms with Crippen LogP contribution in [0.5, 0.6) is 0 Å². The van der Waals surface area contributed by atoms with Gasteiger partial charge in [-0.25, -0.2) is 20.1 Å². The average molecular weight is 384 g/mol. The summed E-state index contributed by atoms with van der Waals surface area (Å²) in [6.07, 6.45) is -3.52. The highest BCUT2D eigenvalue weighted by Crippen LogP contribution is 2.30. The molecular weight excluding hydrogens is 369 g/mol. The number of alkyl halides is 3. The van der Waals surface area contributed by atoms with Crippen LogP contribution in [-0.4, -0.2) is 41.0 Å². The molecular formula is C15H15F3N6O3. The second-order valence-corrected chi connectivity index (χ2v) is 5.39. The van der Waals surface area contributed by atoms with E-state index in [2.05, 4.69) is 20.8 Å². The van der Waals surface area contributed by atoms with Crippen LogP contribution in [0.2, 0.25) is 0 Å². The van der Waals surface area contributed by atoms with Crippen molar-refractivity contribution in [1.29, 1.82) is 0 Å². The van der Waals surface area contributed by atoms with E-state index < -0.39 is 23.7 Å². The molecule has 0 radical (unpaired) electrons. The van der Waals surface area contributed by atoms with Crippen molar-refractivity contribution < 1.29 is 27.6 Å². The van der Waals surface area contributed by atoms with Gasteiger partial charge in [-0.15, -0.1) is 0 Å². The fourth-order valence-electron chi connectivity index (χ4n) is 1.74. The van der Waals surface area contributed by atoms with Gasteiger partial charge in [-0.1, -0.05) is 6.07 Å². The monoisotopic (exact) mass is 384 g/mol. The molecule has 27 heavy (non-hydrogen) atoms. The van der Waals surface area contributed by atoms with Crippen LogP contribution in [0.1, 0.15) is 15.9 Å². The van der Waals surface area contributed by atoms with Gasteiger partial charge in [0.25, 0.3) is 0 Å². The van der Waals surface area contributed by atoms with Gasteiger partial charge in [0.1, 0.15) is 11.4 Å². The number of carbonyl (C=O) groups excluding carboxylic acids is 2. The van der Waals surface area contributed by atoms with E-state index in [0.29, 0.717) is 0 Å². The van der Waals surface area contributed by atoms with Crippen molar-refractivity contribution in [2.75, 3.05) is 30.6 Å². The number of benzene rings is 1. The third-order valence-electron chi connectivity index (χ3n) is 3.11. The van der Waals surface area contributed by atoms with Gasteiger partial charge in [-0.2, -0.15) is 18.2 Å². The summed E-state index contributed by atoms with van der Waals surface area (Å²) in [6, 6.07) is 3.57. The van der Waals surface area contributed by atoms with Crippen molar-refractivity contribution in [3.63, 3.8) is 0 Å². The lowest BCUT2D eigenvalue weighted by Crippen LogP contribution is -2.28. The molecule has 0 spiro atoms. The Bertz CT molecular complexity index is 857. The zero-order chi connectivity index (χ0) is 20.2. The molecule has 12 heteroatoms. The number of halogens is 3. The number of amides is 2. The fourth-order valence-corrected chi connectivity index (χ4v) is 1.74. The normalized spacial score (nSPS) is 10.9. The van der Waals surface area contributed by atoms with Gasteiger partial charge < -0.3 is 15.5 Å². The van der Waals surface area contributed by atoms with E-state index >= 15 is 0 Å². The van der Waals surface area contributed by atoms with E-state index in [-0.39, 0.29) is 23.0 Å². The predicted molar refractivity (Wildman–Crippen MR) is 89.6 cm³/mol. The topological polar surface area (TPSA) is 122 Å². The smallest absolute Gasteiger partial charge is 0.383 e. The Morgan fingerprint density at radius 2 is 1.96 bits per heavy atom. The molecule has 0 aliphatic heterocycles. The second-order valence-electron chi connectivity index (χ2n) is 5.39. The van der Waals surface area contributed by atoms with E-state index in [1.54, 1.807) is 0 Å². The summed E-state index contributed by atoms with van der Waals surface area (Å²) in [5.74, 6) is -1.43. The minimum absolute atomic E-state index is 0.0902. The Kier molecular flexibility index (Phi) is 5.68. The molecule has 0 aliphatic carbocycles. The molecule has 9 nitrogen and oxygen atoms in total. The van der Waals surface area contributed by atoms with E-state index in [9.17, 15) is 22.8 Å². The summed E-state index contributed by atoms with van der Waals surface area (Å²) >= 11 is 0. The summed E-state index contributed by atoms with van der Waals surface area (Å²) in [6.45, 7) is 0. The Morgan fingerprint density at radius 3 is 2.56 bits per heavy atom. The Balaban J connectivity index is 2.05. The van der Waals surface area contributed by atoms with Gasteiger partial charge in [0.05, 0.1) is 11.3 Å². The first kappa shape index (κ1) is 19.8. The molecule has 2 amide bonds. The number of aromatic nitrogens is 2. The molecule has 2 rings (SSSR count). The van der Waals surface area contributed by atoms with Crippen molar-refractivity contribution in [2.24, 2.45) is 0 Å². The number of urea groups is 1.